The molecule has 0 saturated carbocycles. The van der Waals surface area contributed by atoms with Gasteiger partial charge >= 0.3 is 6.03 Å². The van der Waals surface area contributed by atoms with Crippen molar-refractivity contribution >= 4 is 46.5 Å². The van der Waals surface area contributed by atoms with Gasteiger partial charge in [0.2, 0.25) is 0 Å². The van der Waals surface area contributed by atoms with E-state index < -0.39 is 11.6 Å². The van der Waals surface area contributed by atoms with E-state index in [4.69, 9.17) is 23.2 Å². The standard InChI is InChI=1S/C28H27Cl2N7O3/c1-3-37-27(39)24(34-28(40)35-25-21(29)15-32-16-22(25)30)14-23(36-37)19-8-4-6-17(12-19)18-7-5-9-20(13-18)26(38)33-11-10-31-2/h4-9,12-16,31H,3,10-11H2,1-2H3,(H,33,38)(H2,32,34,35,40). The summed E-state index contributed by atoms with van der Waals surface area (Å²) >= 11 is 12.2. The zero-order valence-corrected chi connectivity index (χ0v) is 23.3. The summed E-state index contributed by atoms with van der Waals surface area (Å²) in [6.45, 7) is 3.26. The number of hydrogen-bond acceptors (Lipinski definition) is 6. The van der Waals surface area contributed by atoms with Crippen molar-refractivity contribution in [2.75, 3.05) is 30.8 Å². The fourth-order valence-corrected chi connectivity index (χ4v) is 4.34. The smallest absolute Gasteiger partial charge is 0.323 e. The van der Waals surface area contributed by atoms with Gasteiger partial charge in [-0.05, 0) is 49.4 Å². The molecule has 0 atom stereocenters. The number of halogens is 2. The molecule has 2 aromatic carbocycles. The lowest BCUT2D eigenvalue weighted by atomic mass is 9.99. The maximum Gasteiger partial charge on any atom is 0.323 e. The third-order valence-electron chi connectivity index (χ3n) is 5.89. The van der Waals surface area contributed by atoms with E-state index in [-0.39, 0.29) is 33.9 Å². The molecule has 4 rings (SSSR count). The van der Waals surface area contributed by atoms with Gasteiger partial charge < -0.3 is 21.3 Å². The maximum atomic E-state index is 12.9. The second kappa shape index (κ2) is 13.2. The first-order valence-electron chi connectivity index (χ1n) is 12.4. The molecule has 4 N–H and O–H groups in total. The molecule has 0 bridgehead atoms. The summed E-state index contributed by atoms with van der Waals surface area (Å²) in [6, 6.07) is 15.7. The Hall–Kier alpha value is -4.25. The van der Waals surface area contributed by atoms with E-state index in [0.717, 1.165) is 11.1 Å². The first-order chi connectivity index (χ1) is 19.3. The number of pyridine rings is 1. The number of nitrogens with one attached hydrogen (secondary N) is 4. The number of carbonyl (C=O) groups excluding carboxylic acids is 2. The molecule has 0 fully saturated rings. The van der Waals surface area contributed by atoms with Gasteiger partial charge in [-0.1, -0.05) is 53.5 Å². The van der Waals surface area contributed by atoms with Gasteiger partial charge in [0.15, 0.2) is 0 Å². The first kappa shape index (κ1) is 28.8. The number of rotatable bonds is 9. The highest BCUT2D eigenvalue weighted by atomic mass is 35.5. The number of urea groups is 1. The number of aromatic nitrogens is 3. The molecule has 40 heavy (non-hydrogen) atoms. The minimum atomic E-state index is -0.703. The van der Waals surface area contributed by atoms with Gasteiger partial charge in [-0.2, -0.15) is 5.10 Å². The van der Waals surface area contributed by atoms with E-state index in [9.17, 15) is 14.4 Å². The largest absolute Gasteiger partial charge is 0.351 e. The van der Waals surface area contributed by atoms with Crippen LogP contribution in [0.5, 0.6) is 0 Å². The molecule has 12 heteroatoms. The van der Waals surface area contributed by atoms with Gasteiger partial charge in [-0.3, -0.25) is 14.6 Å². The van der Waals surface area contributed by atoms with Crippen molar-refractivity contribution < 1.29 is 9.59 Å². The molecule has 0 aliphatic carbocycles. The van der Waals surface area contributed by atoms with Crippen LogP contribution in [0.3, 0.4) is 0 Å². The van der Waals surface area contributed by atoms with Crippen molar-refractivity contribution in [3.05, 3.63) is 93.0 Å². The predicted octanol–water partition coefficient (Wildman–Crippen LogP) is 4.89. The van der Waals surface area contributed by atoms with Crippen molar-refractivity contribution in [3.63, 3.8) is 0 Å². The molecule has 0 aliphatic rings. The van der Waals surface area contributed by atoms with Crippen LogP contribution in [0.2, 0.25) is 10.0 Å². The van der Waals surface area contributed by atoms with E-state index in [2.05, 4.69) is 31.3 Å². The summed E-state index contributed by atoms with van der Waals surface area (Å²) in [5.74, 6) is -0.159. The SMILES string of the molecule is CCn1nc(-c2cccc(-c3cccc(C(=O)NCCNC)c3)c2)cc(NC(=O)Nc2c(Cl)cncc2Cl)c1=O. The van der Waals surface area contributed by atoms with Gasteiger partial charge in [0.25, 0.3) is 11.5 Å². The molecule has 4 aromatic rings. The average Bonchev–Trinajstić information content (AvgIpc) is 2.96. The molecule has 2 aromatic heterocycles. The van der Waals surface area contributed by atoms with E-state index >= 15 is 0 Å². The molecule has 0 radical (unpaired) electrons. The highest BCUT2D eigenvalue weighted by molar-refractivity contribution is 6.39. The molecule has 206 valence electrons. The molecular formula is C28H27Cl2N7O3. The number of nitrogens with zero attached hydrogens (tertiary/aromatic N) is 3. The number of benzene rings is 2. The molecular weight excluding hydrogens is 553 g/mol. The molecule has 3 amide bonds. The monoisotopic (exact) mass is 579 g/mol. The maximum absolute atomic E-state index is 12.9. The van der Waals surface area contributed by atoms with Crippen LogP contribution in [0.15, 0.2) is 71.8 Å². The predicted molar refractivity (Wildman–Crippen MR) is 158 cm³/mol. The van der Waals surface area contributed by atoms with Crippen molar-refractivity contribution in [1.29, 1.82) is 0 Å². The Labute approximate surface area is 240 Å². The Balaban J connectivity index is 1.62. The highest BCUT2D eigenvalue weighted by Gasteiger charge is 2.15. The van der Waals surface area contributed by atoms with Gasteiger partial charge in [-0.25, -0.2) is 9.48 Å². The molecule has 0 saturated heterocycles. The first-order valence-corrected chi connectivity index (χ1v) is 13.2. The van der Waals surface area contributed by atoms with Crippen molar-refractivity contribution in [1.82, 2.24) is 25.4 Å². The lowest BCUT2D eigenvalue weighted by Gasteiger charge is -2.13. The van der Waals surface area contributed by atoms with Gasteiger partial charge in [0, 0.05) is 43.2 Å². The normalized spacial score (nSPS) is 10.7. The minimum Gasteiger partial charge on any atom is -0.351 e. The van der Waals surface area contributed by atoms with Gasteiger partial charge in [-0.15, -0.1) is 0 Å². The Morgan fingerprint density at radius 3 is 2.27 bits per heavy atom. The number of anilines is 2. The lowest BCUT2D eigenvalue weighted by Crippen LogP contribution is -2.30. The summed E-state index contributed by atoms with van der Waals surface area (Å²) in [6.07, 6.45) is 2.69. The number of likely N-dealkylation sites (N-methyl/N-ethyl adjacent to an activating group) is 1. The number of hydrogen-bond donors (Lipinski definition) is 4. The van der Waals surface area contributed by atoms with E-state index in [1.54, 1.807) is 13.0 Å². The van der Waals surface area contributed by atoms with Gasteiger partial charge in [0.05, 0.1) is 21.4 Å². The molecule has 0 aliphatic heterocycles. The fourth-order valence-electron chi connectivity index (χ4n) is 3.89. The zero-order chi connectivity index (χ0) is 28.6. The topological polar surface area (TPSA) is 130 Å². The summed E-state index contributed by atoms with van der Waals surface area (Å²) < 4.78 is 1.26. The van der Waals surface area contributed by atoms with E-state index in [0.29, 0.717) is 29.9 Å². The lowest BCUT2D eigenvalue weighted by molar-refractivity contribution is 0.0954. The van der Waals surface area contributed by atoms with Crippen LogP contribution < -0.4 is 26.8 Å². The van der Waals surface area contributed by atoms with E-state index in [1.807, 2.05) is 49.5 Å². The summed E-state index contributed by atoms with van der Waals surface area (Å²) in [7, 11) is 1.82. The van der Waals surface area contributed by atoms with Crippen LogP contribution in [0.4, 0.5) is 16.2 Å². The van der Waals surface area contributed by atoms with Crippen molar-refractivity contribution in [2.24, 2.45) is 0 Å². The van der Waals surface area contributed by atoms with Crippen LogP contribution >= 0.6 is 23.2 Å². The second-order valence-electron chi connectivity index (χ2n) is 8.64. The molecule has 0 unspecified atom stereocenters. The Bertz CT molecular complexity index is 1590. The van der Waals surface area contributed by atoms with E-state index in [1.165, 1.54) is 23.1 Å². The fraction of sp³-hybridized carbons (Fsp3) is 0.179. The average molecular weight is 580 g/mol. The molecule has 10 nitrogen and oxygen atoms in total. The van der Waals surface area contributed by atoms with Crippen molar-refractivity contribution in [3.8, 4) is 22.4 Å². The van der Waals surface area contributed by atoms with Crippen LogP contribution in [0, 0.1) is 0 Å². The van der Waals surface area contributed by atoms with Crippen LogP contribution in [-0.2, 0) is 6.54 Å². The Morgan fingerprint density at radius 1 is 0.900 bits per heavy atom. The number of amides is 3. The van der Waals surface area contributed by atoms with Crippen molar-refractivity contribution in [2.45, 2.75) is 13.5 Å². The Kier molecular flexibility index (Phi) is 9.49. The molecule has 2 heterocycles. The highest BCUT2D eigenvalue weighted by Crippen LogP contribution is 2.29. The summed E-state index contributed by atoms with van der Waals surface area (Å²) in [5.41, 5.74) is 3.16. The second-order valence-corrected chi connectivity index (χ2v) is 9.46. The third-order valence-corrected chi connectivity index (χ3v) is 6.46. The zero-order valence-electron chi connectivity index (χ0n) is 21.8. The van der Waals surface area contributed by atoms with Crippen LogP contribution in [0.25, 0.3) is 22.4 Å². The third kappa shape index (κ3) is 6.84. The van der Waals surface area contributed by atoms with Gasteiger partial charge in [0.1, 0.15) is 5.69 Å². The summed E-state index contributed by atoms with van der Waals surface area (Å²) in [4.78, 5) is 42.1. The number of aryl methyl sites for hydroxylation is 1. The summed E-state index contributed by atoms with van der Waals surface area (Å²) in [5, 5.41) is 15.8. The van der Waals surface area contributed by atoms with Crippen LogP contribution in [0.1, 0.15) is 17.3 Å². The number of carbonyl (C=O) groups is 2. The Morgan fingerprint density at radius 2 is 1.57 bits per heavy atom. The minimum absolute atomic E-state index is 0.0243. The quantitative estimate of drug-likeness (QED) is 0.209. The van der Waals surface area contributed by atoms with Crippen LogP contribution in [-0.4, -0.2) is 46.8 Å². The molecule has 0 spiro atoms.